The van der Waals surface area contributed by atoms with Gasteiger partial charge in [-0.2, -0.15) is 5.26 Å². The largest absolute Gasteiger partial charge is 0.388 e. The first-order chi connectivity index (χ1) is 8.54. The summed E-state index contributed by atoms with van der Waals surface area (Å²) < 4.78 is 0. The quantitative estimate of drug-likeness (QED) is 0.913. The molecule has 1 aromatic carbocycles. The van der Waals surface area contributed by atoms with Crippen molar-refractivity contribution in [3.63, 3.8) is 0 Å². The van der Waals surface area contributed by atoms with E-state index in [-0.39, 0.29) is 0 Å². The van der Waals surface area contributed by atoms with Crippen LogP contribution < -0.4 is 4.90 Å². The van der Waals surface area contributed by atoms with E-state index in [4.69, 9.17) is 16.9 Å². The second-order valence-corrected chi connectivity index (χ2v) is 5.47. The van der Waals surface area contributed by atoms with Crippen molar-refractivity contribution in [3.8, 4) is 6.07 Å². The molecular formula is C14H17ClN2O. The average Bonchev–Trinajstić information content (AvgIpc) is 2.75. The van der Waals surface area contributed by atoms with Crippen molar-refractivity contribution in [3.05, 3.63) is 28.8 Å². The van der Waals surface area contributed by atoms with Gasteiger partial charge >= 0.3 is 0 Å². The van der Waals surface area contributed by atoms with Crippen LogP contribution >= 0.6 is 11.6 Å². The van der Waals surface area contributed by atoms with Crippen molar-refractivity contribution >= 4 is 17.3 Å². The molecule has 0 radical (unpaired) electrons. The number of likely N-dealkylation sites (N-methyl/N-ethyl adjacent to an activating group) is 1. The third kappa shape index (κ3) is 2.77. The van der Waals surface area contributed by atoms with E-state index >= 15 is 0 Å². The van der Waals surface area contributed by atoms with Crippen LogP contribution in [0, 0.1) is 11.3 Å². The molecule has 0 bridgehead atoms. The number of hydrogen-bond donors (Lipinski definition) is 1. The maximum Gasteiger partial charge on any atom is 0.101 e. The molecule has 1 aliphatic carbocycles. The SMILES string of the molecule is CN(CC1(O)CCCC1)c1ccc(C#N)c(Cl)c1. The smallest absolute Gasteiger partial charge is 0.101 e. The number of rotatable bonds is 3. The number of anilines is 1. The molecule has 0 unspecified atom stereocenters. The van der Waals surface area contributed by atoms with Crippen molar-refractivity contribution in [1.29, 1.82) is 5.26 Å². The van der Waals surface area contributed by atoms with Gasteiger partial charge in [0.2, 0.25) is 0 Å². The zero-order valence-corrected chi connectivity index (χ0v) is 11.2. The van der Waals surface area contributed by atoms with Gasteiger partial charge in [0.1, 0.15) is 6.07 Å². The Morgan fingerprint density at radius 2 is 2.11 bits per heavy atom. The highest BCUT2D eigenvalue weighted by Gasteiger charge is 2.32. The number of halogens is 1. The molecular weight excluding hydrogens is 248 g/mol. The van der Waals surface area contributed by atoms with Crippen molar-refractivity contribution in [1.82, 2.24) is 0 Å². The molecule has 0 spiro atoms. The summed E-state index contributed by atoms with van der Waals surface area (Å²) in [5.74, 6) is 0. The number of hydrogen-bond acceptors (Lipinski definition) is 3. The fraction of sp³-hybridized carbons (Fsp3) is 0.500. The zero-order chi connectivity index (χ0) is 13.2. The molecule has 1 N–H and O–H groups in total. The Balaban J connectivity index is 2.11. The molecule has 1 aliphatic rings. The maximum atomic E-state index is 10.4. The summed E-state index contributed by atoms with van der Waals surface area (Å²) in [4.78, 5) is 2.00. The van der Waals surface area contributed by atoms with Crippen molar-refractivity contribution in [2.45, 2.75) is 31.3 Å². The third-order valence-corrected chi connectivity index (χ3v) is 3.89. The second-order valence-electron chi connectivity index (χ2n) is 5.06. The first-order valence-corrected chi connectivity index (χ1v) is 6.55. The summed E-state index contributed by atoms with van der Waals surface area (Å²) in [6, 6.07) is 7.40. The van der Waals surface area contributed by atoms with Crippen LogP contribution in [-0.4, -0.2) is 24.3 Å². The van der Waals surface area contributed by atoms with Crippen molar-refractivity contribution in [2.24, 2.45) is 0 Å². The van der Waals surface area contributed by atoms with E-state index in [1.165, 1.54) is 0 Å². The number of benzene rings is 1. The van der Waals surface area contributed by atoms with Gasteiger partial charge in [-0.25, -0.2) is 0 Å². The molecule has 0 aromatic heterocycles. The summed E-state index contributed by atoms with van der Waals surface area (Å²) in [5, 5.41) is 19.7. The molecule has 4 heteroatoms. The molecule has 3 nitrogen and oxygen atoms in total. The van der Waals surface area contributed by atoms with Crippen LogP contribution in [0.2, 0.25) is 5.02 Å². The van der Waals surface area contributed by atoms with Crippen LogP contribution in [-0.2, 0) is 0 Å². The van der Waals surface area contributed by atoms with E-state index in [1.54, 1.807) is 12.1 Å². The molecule has 0 saturated heterocycles. The Bertz CT molecular complexity index is 475. The van der Waals surface area contributed by atoms with Gasteiger partial charge in [0.25, 0.3) is 0 Å². The van der Waals surface area contributed by atoms with Gasteiger partial charge in [-0.3, -0.25) is 0 Å². The molecule has 18 heavy (non-hydrogen) atoms. The Kier molecular flexibility index (Phi) is 3.79. The number of nitrogens with zero attached hydrogens (tertiary/aromatic N) is 2. The van der Waals surface area contributed by atoms with Gasteiger partial charge in [-0.1, -0.05) is 24.4 Å². The molecule has 0 atom stereocenters. The fourth-order valence-electron chi connectivity index (χ4n) is 2.56. The van der Waals surface area contributed by atoms with Crippen molar-refractivity contribution in [2.75, 3.05) is 18.5 Å². The van der Waals surface area contributed by atoms with Crippen LogP contribution in [0.15, 0.2) is 18.2 Å². The lowest BCUT2D eigenvalue weighted by molar-refractivity contribution is 0.0559. The van der Waals surface area contributed by atoms with Crippen LogP contribution in [0.3, 0.4) is 0 Å². The highest BCUT2D eigenvalue weighted by Crippen LogP contribution is 2.31. The Morgan fingerprint density at radius 1 is 1.44 bits per heavy atom. The Morgan fingerprint density at radius 3 is 2.67 bits per heavy atom. The first-order valence-electron chi connectivity index (χ1n) is 6.17. The molecule has 2 rings (SSSR count). The minimum Gasteiger partial charge on any atom is -0.388 e. The molecule has 0 heterocycles. The Hall–Kier alpha value is -1.24. The standard InChI is InChI=1S/C14H17ClN2O/c1-17(10-14(18)6-2-3-7-14)12-5-4-11(9-16)13(15)8-12/h4-5,8,18H,2-3,6-7,10H2,1H3. The summed E-state index contributed by atoms with van der Waals surface area (Å²) in [6.07, 6.45) is 3.92. The lowest BCUT2D eigenvalue weighted by Crippen LogP contribution is -2.39. The minimum absolute atomic E-state index is 0.459. The summed E-state index contributed by atoms with van der Waals surface area (Å²) in [7, 11) is 1.94. The van der Waals surface area contributed by atoms with E-state index in [0.29, 0.717) is 17.1 Å². The van der Waals surface area contributed by atoms with Gasteiger partial charge in [-0.05, 0) is 31.0 Å². The lowest BCUT2D eigenvalue weighted by atomic mass is 10.0. The van der Waals surface area contributed by atoms with Gasteiger partial charge in [0.15, 0.2) is 0 Å². The van der Waals surface area contributed by atoms with Gasteiger partial charge < -0.3 is 10.0 Å². The second kappa shape index (κ2) is 5.17. The Labute approximate surface area is 113 Å². The molecule has 1 aromatic rings. The molecule has 0 amide bonds. The maximum absolute atomic E-state index is 10.4. The van der Waals surface area contributed by atoms with E-state index < -0.39 is 5.60 Å². The van der Waals surface area contributed by atoms with Crippen LogP contribution in [0.5, 0.6) is 0 Å². The van der Waals surface area contributed by atoms with Gasteiger partial charge in [0.05, 0.1) is 16.2 Å². The van der Waals surface area contributed by atoms with Crippen LogP contribution in [0.4, 0.5) is 5.69 Å². The average molecular weight is 265 g/mol. The summed E-state index contributed by atoms with van der Waals surface area (Å²) in [5.41, 5.74) is 0.836. The highest BCUT2D eigenvalue weighted by atomic mass is 35.5. The van der Waals surface area contributed by atoms with Gasteiger partial charge in [0, 0.05) is 19.3 Å². The first kappa shape index (κ1) is 13.2. The molecule has 1 fully saturated rings. The zero-order valence-electron chi connectivity index (χ0n) is 10.5. The summed E-state index contributed by atoms with van der Waals surface area (Å²) >= 11 is 6.01. The number of aliphatic hydroxyl groups is 1. The van der Waals surface area contributed by atoms with E-state index in [9.17, 15) is 5.11 Å². The van der Waals surface area contributed by atoms with Crippen molar-refractivity contribution < 1.29 is 5.11 Å². The minimum atomic E-state index is -0.574. The molecule has 96 valence electrons. The van der Waals surface area contributed by atoms with Crippen LogP contribution in [0.25, 0.3) is 0 Å². The van der Waals surface area contributed by atoms with Crippen LogP contribution in [0.1, 0.15) is 31.2 Å². The number of nitriles is 1. The van der Waals surface area contributed by atoms with E-state index in [0.717, 1.165) is 31.4 Å². The predicted molar refractivity (Wildman–Crippen MR) is 72.9 cm³/mol. The summed E-state index contributed by atoms with van der Waals surface area (Å²) in [6.45, 7) is 0.606. The lowest BCUT2D eigenvalue weighted by Gasteiger charge is -2.30. The highest BCUT2D eigenvalue weighted by molar-refractivity contribution is 6.32. The van der Waals surface area contributed by atoms with E-state index in [2.05, 4.69) is 0 Å². The van der Waals surface area contributed by atoms with Gasteiger partial charge in [-0.15, -0.1) is 0 Å². The monoisotopic (exact) mass is 264 g/mol. The molecule has 1 saturated carbocycles. The third-order valence-electron chi connectivity index (χ3n) is 3.58. The topological polar surface area (TPSA) is 47.3 Å². The predicted octanol–water partition coefficient (Wildman–Crippen LogP) is 2.95. The normalized spacial score (nSPS) is 17.4. The van der Waals surface area contributed by atoms with E-state index in [1.807, 2.05) is 24.1 Å². The fourth-order valence-corrected chi connectivity index (χ4v) is 2.77. The molecule has 0 aliphatic heterocycles.